The molecule has 2 rings (SSSR count). The van der Waals surface area contributed by atoms with Gasteiger partial charge >= 0.3 is 6.03 Å². The maximum Gasteiger partial charge on any atom is 0.319 e. The number of benzene rings is 1. The van der Waals surface area contributed by atoms with Crippen LogP contribution >= 0.6 is 0 Å². The minimum Gasteiger partial charge on any atom is -0.335 e. The molecule has 92 valence electrons. The second kappa shape index (κ2) is 5.71. The lowest BCUT2D eigenvalue weighted by Gasteiger charge is -2.13. The van der Waals surface area contributed by atoms with E-state index in [1.807, 2.05) is 24.3 Å². The number of rotatable bonds is 3. The normalized spacial score (nSPS) is 15.8. The van der Waals surface area contributed by atoms with Crippen molar-refractivity contribution in [3.63, 3.8) is 0 Å². The zero-order valence-corrected chi connectivity index (χ0v) is 10.3. The predicted molar refractivity (Wildman–Crippen MR) is 70.2 cm³/mol. The van der Waals surface area contributed by atoms with Gasteiger partial charge in [0.25, 0.3) is 0 Å². The standard InChI is InChI=1S/C14H20N2O/c1-2-11-7-9-13(10-8-11)16-14(17)15-12-5-3-4-6-12/h7-10,12H,2-6H2,1H3,(H2,15,16,17). The lowest BCUT2D eigenvalue weighted by atomic mass is 10.1. The summed E-state index contributed by atoms with van der Waals surface area (Å²) in [5, 5.41) is 5.88. The second-order valence-electron chi connectivity index (χ2n) is 4.63. The van der Waals surface area contributed by atoms with E-state index in [0.717, 1.165) is 24.9 Å². The van der Waals surface area contributed by atoms with E-state index in [4.69, 9.17) is 0 Å². The number of carbonyl (C=O) groups excluding carboxylic acids is 1. The van der Waals surface area contributed by atoms with Crippen LogP contribution in [0.25, 0.3) is 0 Å². The van der Waals surface area contributed by atoms with Gasteiger partial charge in [0.05, 0.1) is 0 Å². The van der Waals surface area contributed by atoms with Gasteiger partial charge in [0.1, 0.15) is 0 Å². The number of amides is 2. The Bertz CT molecular complexity index is 366. The summed E-state index contributed by atoms with van der Waals surface area (Å²) in [5.74, 6) is 0. The molecule has 1 aliphatic carbocycles. The van der Waals surface area contributed by atoms with Gasteiger partial charge in [-0.2, -0.15) is 0 Å². The van der Waals surface area contributed by atoms with Crippen molar-refractivity contribution in [3.8, 4) is 0 Å². The monoisotopic (exact) mass is 232 g/mol. The van der Waals surface area contributed by atoms with E-state index in [9.17, 15) is 4.79 Å². The van der Waals surface area contributed by atoms with Gasteiger partial charge in [-0.15, -0.1) is 0 Å². The third-order valence-corrected chi connectivity index (χ3v) is 3.31. The van der Waals surface area contributed by atoms with Crippen molar-refractivity contribution in [3.05, 3.63) is 29.8 Å². The fourth-order valence-corrected chi connectivity index (χ4v) is 2.25. The van der Waals surface area contributed by atoms with Gasteiger partial charge in [-0.25, -0.2) is 4.79 Å². The molecule has 2 amide bonds. The van der Waals surface area contributed by atoms with Crippen molar-refractivity contribution in [1.82, 2.24) is 5.32 Å². The molecule has 3 nitrogen and oxygen atoms in total. The van der Waals surface area contributed by atoms with E-state index in [-0.39, 0.29) is 6.03 Å². The average molecular weight is 232 g/mol. The van der Waals surface area contributed by atoms with Crippen molar-refractivity contribution in [2.75, 3.05) is 5.32 Å². The van der Waals surface area contributed by atoms with Gasteiger partial charge in [0.2, 0.25) is 0 Å². The zero-order chi connectivity index (χ0) is 12.1. The number of hydrogen-bond acceptors (Lipinski definition) is 1. The number of aryl methyl sites for hydroxylation is 1. The molecular weight excluding hydrogens is 212 g/mol. The summed E-state index contributed by atoms with van der Waals surface area (Å²) in [7, 11) is 0. The predicted octanol–water partition coefficient (Wildman–Crippen LogP) is 3.31. The minimum atomic E-state index is -0.0823. The number of anilines is 1. The third-order valence-electron chi connectivity index (χ3n) is 3.31. The first-order chi connectivity index (χ1) is 8.28. The van der Waals surface area contributed by atoms with Gasteiger partial charge < -0.3 is 10.6 Å². The van der Waals surface area contributed by atoms with Crippen molar-refractivity contribution in [2.24, 2.45) is 0 Å². The van der Waals surface area contributed by atoms with Crippen LogP contribution in [0, 0.1) is 0 Å². The molecule has 0 radical (unpaired) electrons. The molecular formula is C14H20N2O. The Hall–Kier alpha value is -1.51. The Balaban J connectivity index is 1.84. The van der Waals surface area contributed by atoms with Gasteiger partial charge in [-0.1, -0.05) is 31.9 Å². The minimum absolute atomic E-state index is 0.0823. The molecule has 0 heterocycles. The van der Waals surface area contributed by atoms with Crippen molar-refractivity contribution >= 4 is 11.7 Å². The van der Waals surface area contributed by atoms with Crippen LogP contribution in [-0.4, -0.2) is 12.1 Å². The van der Waals surface area contributed by atoms with Crippen LogP contribution in [0.2, 0.25) is 0 Å². The van der Waals surface area contributed by atoms with E-state index in [0.29, 0.717) is 6.04 Å². The maximum atomic E-state index is 11.7. The highest BCUT2D eigenvalue weighted by Crippen LogP contribution is 2.17. The number of hydrogen-bond donors (Lipinski definition) is 2. The molecule has 0 unspecified atom stereocenters. The number of carbonyl (C=O) groups is 1. The summed E-state index contributed by atoms with van der Waals surface area (Å²) in [6.45, 7) is 2.12. The maximum absolute atomic E-state index is 11.7. The Morgan fingerprint density at radius 3 is 2.47 bits per heavy atom. The smallest absolute Gasteiger partial charge is 0.319 e. The molecule has 0 aliphatic heterocycles. The molecule has 1 aliphatic rings. The number of urea groups is 1. The molecule has 2 N–H and O–H groups in total. The molecule has 0 aromatic heterocycles. The average Bonchev–Trinajstić information content (AvgIpc) is 2.82. The Kier molecular flexibility index (Phi) is 4.02. The first-order valence-electron chi connectivity index (χ1n) is 6.44. The Morgan fingerprint density at radius 1 is 1.24 bits per heavy atom. The molecule has 1 aromatic rings. The van der Waals surface area contributed by atoms with E-state index < -0.39 is 0 Å². The van der Waals surface area contributed by atoms with Crippen LogP contribution in [-0.2, 0) is 6.42 Å². The summed E-state index contributed by atoms with van der Waals surface area (Å²) in [6.07, 6.45) is 5.71. The summed E-state index contributed by atoms with van der Waals surface area (Å²) in [4.78, 5) is 11.7. The van der Waals surface area contributed by atoms with E-state index in [2.05, 4.69) is 17.6 Å². The van der Waals surface area contributed by atoms with Gasteiger partial charge in [-0.05, 0) is 37.0 Å². The lowest BCUT2D eigenvalue weighted by molar-refractivity contribution is 0.248. The molecule has 1 aromatic carbocycles. The van der Waals surface area contributed by atoms with E-state index >= 15 is 0 Å². The van der Waals surface area contributed by atoms with Gasteiger partial charge in [-0.3, -0.25) is 0 Å². The topological polar surface area (TPSA) is 41.1 Å². The molecule has 0 atom stereocenters. The van der Waals surface area contributed by atoms with Crippen LogP contribution in [0.4, 0.5) is 10.5 Å². The fraction of sp³-hybridized carbons (Fsp3) is 0.500. The highest BCUT2D eigenvalue weighted by Gasteiger charge is 2.16. The van der Waals surface area contributed by atoms with E-state index in [1.54, 1.807) is 0 Å². The largest absolute Gasteiger partial charge is 0.335 e. The summed E-state index contributed by atoms with van der Waals surface area (Å²) in [6, 6.07) is 8.28. The van der Waals surface area contributed by atoms with Gasteiger partial charge in [0.15, 0.2) is 0 Å². The highest BCUT2D eigenvalue weighted by atomic mass is 16.2. The van der Waals surface area contributed by atoms with E-state index in [1.165, 1.54) is 18.4 Å². The molecule has 17 heavy (non-hydrogen) atoms. The van der Waals surface area contributed by atoms with Gasteiger partial charge in [0, 0.05) is 11.7 Å². The molecule has 1 fully saturated rings. The fourth-order valence-electron chi connectivity index (χ4n) is 2.25. The SMILES string of the molecule is CCc1ccc(NC(=O)NC2CCCC2)cc1. The zero-order valence-electron chi connectivity index (χ0n) is 10.3. The van der Waals surface area contributed by atoms with Crippen LogP contribution < -0.4 is 10.6 Å². The van der Waals surface area contributed by atoms with Crippen molar-refractivity contribution in [2.45, 2.75) is 45.1 Å². The van der Waals surface area contributed by atoms with Crippen LogP contribution in [0.5, 0.6) is 0 Å². The highest BCUT2D eigenvalue weighted by molar-refractivity contribution is 5.89. The molecule has 0 bridgehead atoms. The second-order valence-corrected chi connectivity index (χ2v) is 4.63. The molecule has 0 saturated heterocycles. The Labute approximate surface area is 103 Å². The Morgan fingerprint density at radius 2 is 1.88 bits per heavy atom. The summed E-state index contributed by atoms with van der Waals surface area (Å²) in [5.41, 5.74) is 2.14. The molecule has 0 spiro atoms. The van der Waals surface area contributed by atoms with Crippen molar-refractivity contribution in [1.29, 1.82) is 0 Å². The first kappa shape index (κ1) is 12.0. The molecule has 3 heteroatoms. The van der Waals surface area contributed by atoms with Crippen LogP contribution in [0.1, 0.15) is 38.2 Å². The van der Waals surface area contributed by atoms with Crippen molar-refractivity contribution < 1.29 is 4.79 Å². The quantitative estimate of drug-likeness (QED) is 0.824. The lowest BCUT2D eigenvalue weighted by Crippen LogP contribution is -2.36. The third kappa shape index (κ3) is 3.48. The van der Waals surface area contributed by atoms with Crippen LogP contribution in [0.3, 0.4) is 0 Å². The first-order valence-corrected chi connectivity index (χ1v) is 6.44. The van der Waals surface area contributed by atoms with Crippen LogP contribution in [0.15, 0.2) is 24.3 Å². The molecule has 1 saturated carbocycles. The number of nitrogens with one attached hydrogen (secondary N) is 2. The summed E-state index contributed by atoms with van der Waals surface area (Å²) >= 11 is 0. The summed E-state index contributed by atoms with van der Waals surface area (Å²) < 4.78 is 0.